The van der Waals surface area contributed by atoms with E-state index < -0.39 is 0 Å². The summed E-state index contributed by atoms with van der Waals surface area (Å²) in [6, 6.07) is 47.8. The molecule has 0 unspecified atom stereocenters. The molecule has 0 N–H and O–H groups in total. The normalized spacial score (nSPS) is 12.2. The van der Waals surface area contributed by atoms with Gasteiger partial charge in [-0.3, -0.25) is 0 Å². The number of benzene rings is 6. The fraction of sp³-hybridized carbons (Fsp3) is 0.296. The third kappa shape index (κ3) is 13.8. The van der Waals surface area contributed by atoms with Gasteiger partial charge in [0.2, 0.25) is 0 Å². The Hall–Kier alpha value is -4.45. The van der Waals surface area contributed by atoms with Crippen molar-refractivity contribution in [3.05, 3.63) is 190 Å². The van der Waals surface area contributed by atoms with Crippen molar-refractivity contribution in [2.75, 3.05) is 0 Å². The van der Waals surface area contributed by atoms with Gasteiger partial charge in [0, 0.05) is 11.1 Å². The zero-order chi connectivity index (χ0) is 42.5. The predicted octanol–water partition coefficient (Wildman–Crippen LogP) is 7.05. The van der Waals surface area contributed by atoms with Crippen LogP contribution in [0.5, 0.6) is 11.5 Å². The maximum Gasteiger partial charge on any atom is 4.00 e. The van der Waals surface area contributed by atoms with Crippen molar-refractivity contribution in [2.24, 2.45) is 9.98 Å². The molecule has 0 spiro atoms. The Morgan fingerprint density at radius 3 is 0.885 bits per heavy atom. The molecule has 61 heavy (non-hydrogen) atoms. The number of halogens is 2. The second-order valence-electron chi connectivity index (χ2n) is 19.1. The van der Waals surface area contributed by atoms with Crippen LogP contribution in [0.4, 0.5) is 11.4 Å². The minimum absolute atomic E-state index is 0. The maximum atomic E-state index is 13.6. The van der Waals surface area contributed by atoms with Gasteiger partial charge in [0.25, 0.3) is 0 Å². The van der Waals surface area contributed by atoms with Crippen molar-refractivity contribution in [2.45, 2.75) is 105 Å². The molecule has 0 aliphatic carbocycles. The van der Waals surface area contributed by atoms with Crippen LogP contribution in [-0.4, -0.2) is 11.4 Å². The van der Waals surface area contributed by atoms with Gasteiger partial charge in [0.05, 0.1) is 22.8 Å². The van der Waals surface area contributed by atoms with Gasteiger partial charge in [-0.05, 0) is 91.4 Å². The van der Waals surface area contributed by atoms with Crippen molar-refractivity contribution in [1.29, 1.82) is 0 Å². The molecular weight excluding hydrogens is 827 g/mol. The summed E-state index contributed by atoms with van der Waals surface area (Å²) in [5.41, 5.74) is 9.64. The first-order valence-electron chi connectivity index (χ1n) is 20.3. The maximum absolute atomic E-state index is 13.6. The van der Waals surface area contributed by atoms with E-state index in [1.54, 1.807) is 0 Å². The van der Waals surface area contributed by atoms with Gasteiger partial charge < -0.3 is 35.0 Å². The molecule has 0 amide bonds. The average molecular weight is 888 g/mol. The zero-order valence-electron chi connectivity index (χ0n) is 37.8. The fourth-order valence-electron chi connectivity index (χ4n) is 6.61. The molecule has 6 aromatic rings. The third-order valence-corrected chi connectivity index (χ3v) is 10.1. The number of rotatable bonds is 6. The van der Waals surface area contributed by atoms with E-state index in [1.807, 2.05) is 133 Å². The van der Waals surface area contributed by atoms with Gasteiger partial charge in [-0.2, -0.15) is 0 Å². The van der Waals surface area contributed by atoms with E-state index in [2.05, 4.69) is 95.2 Å². The Morgan fingerprint density at radius 1 is 0.377 bits per heavy atom. The summed E-state index contributed by atoms with van der Waals surface area (Å²) in [6.07, 6.45) is 0. The predicted molar refractivity (Wildman–Crippen MR) is 243 cm³/mol. The topological polar surface area (TPSA) is 70.8 Å². The van der Waals surface area contributed by atoms with Crippen LogP contribution in [0.2, 0.25) is 0 Å². The molecule has 4 nitrogen and oxygen atoms in total. The Balaban J connectivity index is 0.000000400. The molecule has 7 heteroatoms. The SMILES string of the molecule is CC(C)(C)c1cc(C(=Nc2ccccc2)c2ccccc2)c([O-])c(C(C)(C)C)c1.CC(C)(C)c1cc(C(=Nc2ccccc2)c2ccccc2)c([O-])c(C(C)(C)C)c1.[Cl-].[Cl-].[Ti+4]. The van der Waals surface area contributed by atoms with Crippen LogP contribution in [0, 0.1) is 0 Å². The molecule has 0 bridgehead atoms. The van der Waals surface area contributed by atoms with Gasteiger partial charge in [0.1, 0.15) is 0 Å². The van der Waals surface area contributed by atoms with Crippen LogP contribution >= 0.6 is 0 Å². The molecule has 0 radical (unpaired) electrons. The zero-order valence-corrected chi connectivity index (χ0v) is 40.9. The van der Waals surface area contributed by atoms with Crippen LogP contribution < -0.4 is 35.0 Å². The molecule has 0 aliphatic heterocycles. The van der Waals surface area contributed by atoms with Gasteiger partial charge in [0.15, 0.2) is 0 Å². The molecule has 0 heterocycles. The van der Waals surface area contributed by atoms with E-state index in [-0.39, 0.29) is 79.7 Å². The Morgan fingerprint density at radius 2 is 0.639 bits per heavy atom. The Bertz CT molecular complexity index is 2200. The molecule has 0 saturated heterocycles. The van der Waals surface area contributed by atoms with Gasteiger partial charge in [-0.15, -0.1) is 0 Å². The van der Waals surface area contributed by atoms with E-state index >= 15 is 0 Å². The van der Waals surface area contributed by atoms with E-state index in [0.29, 0.717) is 11.1 Å². The second kappa shape index (κ2) is 21.6. The summed E-state index contributed by atoms with van der Waals surface area (Å²) in [6.45, 7) is 25.6. The average Bonchev–Trinajstić information content (AvgIpc) is 3.16. The molecular formula is C54H60Cl2N2O2Ti. The van der Waals surface area contributed by atoms with Crippen molar-refractivity contribution < 1.29 is 56.7 Å². The monoisotopic (exact) mass is 886 g/mol. The molecule has 0 aromatic heterocycles. The van der Waals surface area contributed by atoms with Gasteiger partial charge in [-0.25, -0.2) is 9.98 Å². The quantitative estimate of drug-likeness (QED) is 0.133. The second-order valence-corrected chi connectivity index (χ2v) is 19.1. The van der Waals surface area contributed by atoms with Crippen LogP contribution in [0.3, 0.4) is 0 Å². The number of nitrogens with zero attached hydrogens (tertiary/aromatic N) is 2. The standard InChI is InChI=1S/2C27H31NO.2ClH.Ti/c2*1-26(2,3)20-17-22(25(29)23(18-20)27(4,5)6)24(19-13-9-7-10-14-19)28-21-15-11-8-12-16-21;;;/h2*7-18,29H,1-6H3;2*1H;/q;;;;+4/p-4. The van der Waals surface area contributed by atoms with Crippen molar-refractivity contribution >= 4 is 22.8 Å². The molecule has 0 saturated carbocycles. The van der Waals surface area contributed by atoms with Crippen molar-refractivity contribution in [3.63, 3.8) is 0 Å². The number of hydrogen-bond donors (Lipinski definition) is 0. The van der Waals surface area contributed by atoms with Gasteiger partial charge >= 0.3 is 21.7 Å². The number of para-hydroxylation sites is 2. The van der Waals surface area contributed by atoms with Gasteiger partial charge in [-0.1, -0.05) is 204 Å². The van der Waals surface area contributed by atoms with Crippen LogP contribution in [0.15, 0.2) is 156 Å². The summed E-state index contributed by atoms with van der Waals surface area (Å²) in [4.78, 5) is 9.85. The first-order valence-corrected chi connectivity index (χ1v) is 20.3. The van der Waals surface area contributed by atoms with Crippen molar-refractivity contribution in [1.82, 2.24) is 0 Å². The molecule has 6 rings (SSSR count). The summed E-state index contributed by atoms with van der Waals surface area (Å²) in [7, 11) is 0. The third-order valence-electron chi connectivity index (χ3n) is 10.1. The minimum atomic E-state index is -0.248. The summed E-state index contributed by atoms with van der Waals surface area (Å²) in [5.74, 6) is 0.119. The first-order chi connectivity index (χ1) is 27.1. The van der Waals surface area contributed by atoms with Crippen LogP contribution in [0.25, 0.3) is 0 Å². The smallest absolute Gasteiger partial charge is 1.00 e. The van der Waals surface area contributed by atoms with Crippen molar-refractivity contribution in [3.8, 4) is 11.5 Å². The van der Waals surface area contributed by atoms with E-state index in [4.69, 9.17) is 9.98 Å². The minimum Gasteiger partial charge on any atom is -1.00 e. The van der Waals surface area contributed by atoms with E-state index in [1.165, 1.54) is 0 Å². The largest absolute Gasteiger partial charge is 4.00 e. The fourth-order valence-corrected chi connectivity index (χ4v) is 6.61. The molecule has 316 valence electrons. The first kappa shape index (κ1) is 52.7. The summed E-state index contributed by atoms with van der Waals surface area (Å²) < 4.78 is 0. The van der Waals surface area contributed by atoms with E-state index in [9.17, 15) is 10.2 Å². The van der Waals surface area contributed by atoms with E-state index in [0.717, 1.165) is 56.2 Å². The summed E-state index contributed by atoms with van der Waals surface area (Å²) in [5, 5.41) is 27.2. The summed E-state index contributed by atoms with van der Waals surface area (Å²) >= 11 is 0. The molecule has 6 aromatic carbocycles. The molecule has 0 aliphatic rings. The number of aliphatic imine (C=N–C) groups is 2. The van der Waals surface area contributed by atoms with Crippen LogP contribution in [-0.2, 0) is 43.4 Å². The molecule has 0 atom stereocenters. The Labute approximate surface area is 393 Å². The number of hydrogen-bond acceptors (Lipinski definition) is 4. The van der Waals surface area contributed by atoms with Crippen LogP contribution in [0.1, 0.15) is 128 Å². The Kier molecular flexibility index (Phi) is 18.6. The molecule has 0 fully saturated rings.